The van der Waals surface area contributed by atoms with Crippen molar-refractivity contribution in [2.24, 2.45) is 13.0 Å². The number of thiazole rings is 1. The Morgan fingerprint density at radius 1 is 1.24 bits per heavy atom. The lowest BCUT2D eigenvalue weighted by molar-refractivity contribution is -0.115. The van der Waals surface area contributed by atoms with E-state index in [-0.39, 0.29) is 17.9 Å². The number of allylic oxidation sites excluding steroid dienone is 1. The van der Waals surface area contributed by atoms with Crippen molar-refractivity contribution in [3.05, 3.63) is 40.6 Å². The van der Waals surface area contributed by atoms with Crippen LogP contribution in [0.3, 0.4) is 0 Å². The molecule has 37 heavy (non-hydrogen) atoms. The van der Waals surface area contributed by atoms with Crippen molar-refractivity contribution in [3.8, 4) is 10.6 Å². The van der Waals surface area contributed by atoms with E-state index in [1.54, 1.807) is 30.7 Å². The van der Waals surface area contributed by atoms with E-state index >= 15 is 0 Å². The maximum absolute atomic E-state index is 12.9. The zero-order chi connectivity index (χ0) is 26.2. The van der Waals surface area contributed by atoms with Gasteiger partial charge in [-0.1, -0.05) is 6.08 Å². The van der Waals surface area contributed by atoms with Crippen LogP contribution in [0.2, 0.25) is 0 Å². The van der Waals surface area contributed by atoms with Crippen molar-refractivity contribution in [1.82, 2.24) is 24.5 Å². The molecule has 1 fully saturated rings. The quantitative estimate of drug-likeness (QED) is 0.380. The van der Waals surface area contributed by atoms with Gasteiger partial charge in [0.25, 0.3) is 0 Å². The molecule has 0 bridgehead atoms. The Kier molecular flexibility index (Phi) is 7.21. The van der Waals surface area contributed by atoms with E-state index in [0.717, 1.165) is 42.8 Å². The lowest BCUT2D eigenvalue weighted by atomic mass is 10.00. The molecule has 3 unspecified atom stereocenters. The zero-order valence-electron chi connectivity index (χ0n) is 20.7. The predicted molar refractivity (Wildman–Crippen MR) is 137 cm³/mol. The number of aryl methyl sites for hydroxylation is 3. The third-order valence-corrected chi connectivity index (χ3v) is 8.06. The van der Waals surface area contributed by atoms with Crippen molar-refractivity contribution < 1.29 is 18.3 Å². The molecule has 0 amide bonds. The molecule has 3 N–H and O–H groups in total. The zero-order valence-corrected chi connectivity index (χ0v) is 21.5. The normalized spacial score (nSPS) is 20.5. The number of nitrogens with zero attached hydrogens (tertiary/aromatic N) is 5. The molecule has 3 aromatic heterocycles. The maximum atomic E-state index is 12.9. The summed E-state index contributed by atoms with van der Waals surface area (Å²) in [6, 6.07) is -0.0129. The molecule has 1 saturated carbocycles. The summed E-state index contributed by atoms with van der Waals surface area (Å²) in [5, 5.41) is 17.4. The molecule has 8 nitrogen and oxygen atoms in total. The van der Waals surface area contributed by atoms with Gasteiger partial charge in [0.1, 0.15) is 29.3 Å². The molecule has 0 saturated heterocycles. The fourth-order valence-electron chi connectivity index (χ4n) is 5.05. The third-order valence-electron chi connectivity index (χ3n) is 6.91. The van der Waals surface area contributed by atoms with Crippen LogP contribution in [0.4, 0.5) is 24.9 Å². The Balaban J connectivity index is 1.43. The van der Waals surface area contributed by atoms with Gasteiger partial charge in [0.15, 0.2) is 0 Å². The second-order valence-electron chi connectivity index (χ2n) is 9.70. The van der Waals surface area contributed by atoms with Gasteiger partial charge in [-0.05, 0) is 57.4 Å². The van der Waals surface area contributed by atoms with Gasteiger partial charge < -0.3 is 20.3 Å². The first-order chi connectivity index (χ1) is 17.7. The van der Waals surface area contributed by atoms with Crippen molar-refractivity contribution in [1.29, 1.82) is 0 Å². The van der Waals surface area contributed by atoms with Crippen LogP contribution in [0.1, 0.15) is 60.3 Å². The first-order valence-corrected chi connectivity index (χ1v) is 13.3. The fourth-order valence-corrected chi connectivity index (χ4v) is 6.24. The summed E-state index contributed by atoms with van der Waals surface area (Å²) in [5.74, 6) is 1.01. The Morgan fingerprint density at radius 2 is 2.08 bits per heavy atom. The highest BCUT2D eigenvalue weighted by atomic mass is 32.1. The van der Waals surface area contributed by atoms with E-state index < -0.39 is 18.8 Å². The topological polar surface area (TPSA) is 101 Å². The Bertz CT molecular complexity index is 1290. The molecule has 0 radical (unpaired) electrons. The number of aliphatic hydroxyl groups excluding tert-OH is 1. The average molecular weight is 534 g/mol. The number of nitrogens with one attached hydrogen (secondary N) is 2. The van der Waals surface area contributed by atoms with Gasteiger partial charge in [-0.3, -0.25) is 0 Å². The summed E-state index contributed by atoms with van der Waals surface area (Å²) in [5.41, 5.74) is 2.19. The molecule has 2 aliphatic carbocycles. The Morgan fingerprint density at radius 3 is 2.84 bits per heavy atom. The summed E-state index contributed by atoms with van der Waals surface area (Å²) in [4.78, 5) is 19.1. The van der Waals surface area contributed by atoms with E-state index in [1.165, 1.54) is 4.88 Å². The predicted octanol–water partition coefficient (Wildman–Crippen LogP) is 5.28. The minimum Gasteiger partial charge on any atom is -0.385 e. The molecule has 0 aliphatic heterocycles. The molecule has 198 valence electrons. The smallest absolute Gasteiger partial charge is 0.385 e. The first-order valence-electron chi connectivity index (χ1n) is 12.5. The van der Waals surface area contributed by atoms with Crippen LogP contribution in [-0.2, 0) is 13.5 Å². The van der Waals surface area contributed by atoms with E-state index in [2.05, 4.69) is 31.7 Å². The van der Waals surface area contributed by atoms with E-state index in [1.807, 2.05) is 17.7 Å². The van der Waals surface area contributed by atoms with Crippen LogP contribution in [0.5, 0.6) is 0 Å². The molecule has 5 rings (SSSR count). The molecule has 3 atom stereocenters. The highest BCUT2D eigenvalue weighted by Gasteiger charge is 2.34. The van der Waals surface area contributed by atoms with Crippen LogP contribution in [0.25, 0.3) is 16.6 Å². The van der Waals surface area contributed by atoms with Crippen molar-refractivity contribution in [3.63, 3.8) is 0 Å². The van der Waals surface area contributed by atoms with Gasteiger partial charge in [0.05, 0.1) is 17.0 Å². The number of rotatable bonds is 7. The van der Waals surface area contributed by atoms with Crippen molar-refractivity contribution >= 4 is 29.2 Å². The second kappa shape index (κ2) is 10.4. The summed E-state index contributed by atoms with van der Waals surface area (Å²) in [6.07, 6.45) is 7.80. The first kappa shape index (κ1) is 25.7. The summed E-state index contributed by atoms with van der Waals surface area (Å²) in [6.45, 7) is 0.550. The summed E-state index contributed by atoms with van der Waals surface area (Å²) in [7, 11) is 1.85. The monoisotopic (exact) mass is 533 g/mol. The molecular formula is C25H30F3N7OS. The van der Waals surface area contributed by atoms with Crippen molar-refractivity contribution in [2.45, 2.75) is 63.8 Å². The number of halogens is 3. The van der Waals surface area contributed by atoms with Crippen LogP contribution < -0.4 is 10.6 Å². The van der Waals surface area contributed by atoms with Gasteiger partial charge in [0.2, 0.25) is 5.95 Å². The van der Waals surface area contributed by atoms with Gasteiger partial charge in [0, 0.05) is 30.4 Å². The number of fused-ring (bicyclic) bond motifs is 1. The molecule has 3 heterocycles. The number of anilines is 2. The Hall–Kier alpha value is -2.99. The summed E-state index contributed by atoms with van der Waals surface area (Å²) < 4.78 is 40.4. The Labute approximate surface area is 217 Å². The van der Waals surface area contributed by atoms with E-state index in [4.69, 9.17) is 4.98 Å². The van der Waals surface area contributed by atoms with Gasteiger partial charge in [-0.2, -0.15) is 18.2 Å². The number of hydrogen-bond donors (Lipinski definition) is 3. The number of alkyl halides is 3. The molecule has 0 aromatic carbocycles. The van der Waals surface area contributed by atoms with Crippen LogP contribution in [0.15, 0.2) is 18.5 Å². The van der Waals surface area contributed by atoms with E-state index in [9.17, 15) is 18.3 Å². The van der Waals surface area contributed by atoms with Gasteiger partial charge >= 0.3 is 6.18 Å². The standard InChI is InChI=1S/C25H30F3N7OS/c1-14-19(23-33-17-6-4-3-5-7-18(17)37-23)21(34-24(31-14)30-13-25(26,27)28)32-16-9-8-15(12-16)20(36)22-29-10-11-35(22)2/h4,6,10-11,15-16,20,36H,3,5,7-9,12-13H2,1-2H3,(H2,30,31,32,34). The molecule has 3 aromatic rings. The molecule has 0 spiro atoms. The van der Waals surface area contributed by atoms with E-state index in [0.29, 0.717) is 29.3 Å². The maximum Gasteiger partial charge on any atom is 0.405 e. The highest BCUT2D eigenvalue weighted by molar-refractivity contribution is 7.15. The van der Waals surface area contributed by atoms with Crippen LogP contribution in [-0.4, -0.2) is 48.4 Å². The summed E-state index contributed by atoms with van der Waals surface area (Å²) >= 11 is 1.58. The minimum atomic E-state index is -4.39. The lowest BCUT2D eigenvalue weighted by Gasteiger charge is -2.20. The average Bonchev–Trinajstić information content (AvgIpc) is 3.54. The number of aromatic nitrogens is 5. The highest BCUT2D eigenvalue weighted by Crippen LogP contribution is 2.40. The molecule has 2 aliphatic rings. The van der Waals surface area contributed by atoms with Crippen LogP contribution >= 0.6 is 11.3 Å². The largest absolute Gasteiger partial charge is 0.405 e. The fraction of sp³-hybridized carbons (Fsp3) is 0.520. The third kappa shape index (κ3) is 5.80. The number of aliphatic hydroxyl groups is 1. The lowest BCUT2D eigenvalue weighted by Crippen LogP contribution is -2.24. The minimum absolute atomic E-state index is 0.00822. The van der Waals surface area contributed by atoms with Crippen molar-refractivity contribution in [2.75, 3.05) is 17.2 Å². The number of hydrogen-bond acceptors (Lipinski definition) is 8. The van der Waals surface area contributed by atoms with Gasteiger partial charge in [-0.15, -0.1) is 11.3 Å². The second-order valence-corrected chi connectivity index (χ2v) is 10.8. The van der Waals surface area contributed by atoms with Crippen LogP contribution in [0, 0.1) is 12.8 Å². The molecule has 12 heteroatoms. The molecular weight excluding hydrogens is 503 g/mol. The SMILES string of the molecule is Cc1nc(NCC(F)(F)F)nc(NC2CCC(C(O)c3nccn3C)C2)c1-c1nc2c(s1)CCCC=C2. The number of imidazole rings is 1. The van der Waals surface area contributed by atoms with Gasteiger partial charge in [-0.25, -0.2) is 15.0 Å².